The van der Waals surface area contributed by atoms with Crippen LogP contribution in [0.3, 0.4) is 0 Å². The Balaban J connectivity index is 0.000000271. The molecule has 7 nitrogen and oxygen atoms in total. The van der Waals surface area contributed by atoms with Crippen LogP contribution in [0.2, 0.25) is 0 Å². The van der Waals surface area contributed by atoms with Crippen LogP contribution in [-0.4, -0.2) is 62.6 Å². The van der Waals surface area contributed by atoms with Crippen molar-refractivity contribution >= 4 is 39.6 Å². The van der Waals surface area contributed by atoms with Crippen molar-refractivity contribution in [1.82, 2.24) is 10.2 Å². The minimum absolute atomic E-state index is 0.120. The van der Waals surface area contributed by atoms with Gasteiger partial charge in [0.05, 0.1) is 0 Å². The van der Waals surface area contributed by atoms with E-state index in [1.807, 2.05) is 12.1 Å². The van der Waals surface area contributed by atoms with Crippen molar-refractivity contribution in [1.29, 1.82) is 0 Å². The summed E-state index contributed by atoms with van der Waals surface area (Å²) in [5.41, 5.74) is 7.36. The number of hydrogen-bond acceptors (Lipinski definition) is 5. The van der Waals surface area contributed by atoms with E-state index in [0.29, 0.717) is 37.4 Å². The number of nitrogens with zero attached hydrogens (tertiary/aromatic N) is 2. The average molecular weight is 551 g/mol. The van der Waals surface area contributed by atoms with Crippen LogP contribution in [0.15, 0.2) is 18.2 Å². The molecule has 1 unspecified atom stereocenters. The van der Waals surface area contributed by atoms with Crippen LogP contribution < -0.4 is 15.0 Å². The Morgan fingerprint density at radius 1 is 1.09 bits per heavy atom. The Bertz CT molecular complexity index is 956. The van der Waals surface area contributed by atoms with Crippen LogP contribution in [0.4, 0.5) is 10.1 Å². The molecule has 3 fully saturated rings. The predicted octanol–water partition coefficient (Wildman–Crippen LogP) is 3.29. The fraction of sp³-hybridized carbons (Fsp3) is 0.654. The molecule has 1 aromatic rings. The first-order valence-electron chi connectivity index (χ1n) is 12.8. The zero-order chi connectivity index (χ0) is 25.2. The van der Waals surface area contributed by atoms with Gasteiger partial charge in [-0.1, -0.05) is 0 Å². The number of alkyl halides is 1. The molecule has 0 bridgehead atoms. The van der Waals surface area contributed by atoms with Gasteiger partial charge >= 0.3 is 161 Å². The normalized spacial score (nSPS) is 29.3. The molecule has 2 heterocycles. The van der Waals surface area contributed by atoms with Crippen molar-refractivity contribution in [2.45, 2.75) is 108 Å². The number of nitrogens with two attached hydrogens (primary N) is 1. The molecule has 9 heteroatoms. The van der Waals surface area contributed by atoms with Crippen LogP contribution in [-0.2, 0) is 16.1 Å². The number of rotatable bonds is 3. The molecule has 0 spiro atoms. The Labute approximate surface area is 215 Å². The van der Waals surface area contributed by atoms with E-state index in [4.69, 9.17) is 5.73 Å². The van der Waals surface area contributed by atoms with Crippen LogP contribution in [0.1, 0.15) is 93.5 Å². The van der Waals surface area contributed by atoms with Crippen molar-refractivity contribution in [3.8, 4) is 0 Å². The quantitative estimate of drug-likeness (QED) is 0.445. The number of nitrogens with one attached hydrogen (secondary N) is 1. The van der Waals surface area contributed by atoms with Gasteiger partial charge in [0.15, 0.2) is 0 Å². The van der Waals surface area contributed by atoms with Crippen LogP contribution in [0.25, 0.3) is 0 Å². The molecule has 2 aliphatic heterocycles. The minimum atomic E-state index is -0.921. The molecule has 1 radical (unpaired) electrons. The third-order valence-electron chi connectivity index (χ3n) is 7.74. The van der Waals surface area contributed by atoms with E-state index in [9.17, 15) is 18.8 Å². The second-order valence-electron chi connectivity index (χ2n) is 10.6. The molecular formula is C26H36FN4O3Se. The average Bonchev–Trinajstić information content (AvgIpc) is 3.17. The van der Waals surface area contributed by atoms with E-state index >= 15 is 0 Å². The molecular weight excluding hydrogens is 514 g/mol. The van der Waals surface area contributed by atoms with E-state index < -0.39 is 11.7 Å². The van der Waals surface area contributed by atoms with Gasteiger partial charge in [0.25, 0.3) is 0 Å². The van der Waals surface area contributed by atoms with E-state index in [-0.39, 0.29) is 30.2 Å². The topological polar surface area (TPSA) is 95.7 Å². The molecule has 2 saturated carbocycles. The summed E-state index contributed by atoms with van der Waals surface area (Å²) >= 11 is 3.19. The Kier molecular flexibility index (Phi) is 8.19. The molecule has 191 valence electrons. The fourth-order valence-corrected chi connectivity index (χ4v) is 6.15. The van der Waals surface area contributed by atoms with E-state index in [1.54, 1.807) is 11.8 Å². The summed E-state index contributed by atoms with van der Waals surface area (Å²) in [5.74, 6) is -0.747. The van der Waals surface area contributed by atoms with Crippen LogP contribution >= 0.6 is 0 Å². The first kappa shape index (κ1) is 26.1. The van der Waals surface area contributed by atoms with Gasteiger partial charge in [-0.2, -0.15) is 0 Å². The number of fused-ring (bicyclic) bond motifs is 1. The van der Waals surface area contributed by atoms with Gasteiger partial charge in [-0.05, 0) is 32.6 Å². The first-order chi connectivity index (χ1) is 16.6. The number of carbonyl (C=O) groups is 3. The third kappa shape index (κ3) is 6.25. The van der Waals surface area contributed by atoms with Gasteiger partial charge in [-0.25, -0.2) is 4.39 Å². The second-order valence-corrected chi connectivity index (χ2v) is 11.4. The number of hydrogen-bond donors (Lipinski definition) is 2. The Hall–Kier alpha value is -1.96. The zero-order valence-corrected chi connectivity index (χ0v) is 22.1. The van der Waals surface area contributed by atoms with Crippen molar-refractivity contribution in [3.05, 3.63) is 29.3 Å². The summed E-state index contributed by atoms with van der Waals surface area (Å²) in [7, 11) is 0. The summed E-state index contributed by atoms with van der Waals surface area (Å²) in [6, 6.07) is 6.11. The van der Waals surface area contributed by atoms with Gasteiger partial charge in [-0.3, -0.25) is 0 Å². The fourth-order valence-electron chi connectivity index (χ4n) is 5.47. The second kappa shape index (κ2) is 11.0. The van der Waals surface area contributed by atoms with Crippen molar-refractivity contribution in [2.75, 3.05) is 3.92 Å². The zero-order valence-electron chi connectivity index (χ0n) is 20.4. The van der Waals surface area contributed by atoms with Crippen LogP contribution in [0, 0.1) is 0 Å². The summed E-state index contributed by atoms with van der Waals surface area (Å²) in [5, 5.41) is 2.34. The molecule has 2 aliphatic carbocycles. The number of benzene rings is 1. The van der Waals surface area contributed by atoms with Gasteiger partial charge in [0, 0.05) is 6.04 Å². The molecule has 4 aliphatic rings. The Morgan fingerprint density at radius 2 is 1.77 bits per heavy atom. The number of amides is 3. The standard InChI is InChI=1S/C19H22N3O3Se.C7H14FN/c23-17-9-8-16(18(24)20-17)21-11-12-10-14(6-7-15(12)19(21)25)22(26)13-4-2-1-3-5-13;1-7(8)4-2-6(9)3-5-7/h6-7,10,13,16H,1-5,8-9,11H2,(H,20,23,24);6H,2-5,9H2,1H3. The van der Waals surface area contributed by atoms with Gasteiger partial charge in [0.1, 0.15) is 5.67 Å². The maximum atomic E-state index is 13.0. The van der Waals surface area contributed by atoms with Crippen molar-refractivity contribution in [2.24, 2.45) is 5.73 Å². The molecule has 1 saturated heterocycles. The van der Waals surface area contributed by atoms with E-state index in [0.717, 1.165) is 24.1 Å². The van der Waals surface area contributed by atoms with Crippen molar-refractivity contribution in [3.63, 3.8) is 0 Å². The van der Waals surface area contributed by atoms with Gasteiger partial charge in [-0.15, -0.1) is 0 Å². The molecule has 35 heavy (non-hydrogen) atoms. The number of halogens is 1. The first-order valence-corrected chi connectivity index (χ1v) is 13.6. The summed E-state index contributed by atoms with van der Waals surface area (Å²) in [6.07, 6.45) is 9.88. The molecule has 5 rings (SSSR count). The maximum absolute atomic E-state index is 13.0. The number of piperidine rings is 1. The molecule has 1 atom stereocenters. The number of anilines is 1. The SMILES string of the molecule is CC1(F)CCC(N)CC1.O=C1CCC(N2Cc3cc(N([Se])C4CCCCC4)ccc3C2=O)C(=O)N1. The molecule has 0 aromatic heterocycles. The van der Waals surface area contributed by atoms with Crippen molar-refractivity contribution < 1.29 is 18.8 Å². The van der Waals surface area contributed by atoms with Crippen LogP contribution in [0.5, 0.6) is 0 Å². The third-order valence-corrected chi connectivity index (χ3v) is 8.81. The summed E-state index contributed by atoms with van der Waals surface area (Å²) < 4.78 is 15.2. The summed E-state index contributed by atoms with van der Waals surface area (Å²) in [4.78, 5) is 37.8. The molecule has 1 aromatic carbocycles. The van der Waals surface area contributed by atoms with Gasteiger partial charge in [0.2, 0.25) is 0 Å². The molecule has 3 N–H and O–H groups in total. The van der Waals surface area contributed by atoms with E-state index in [2.05, 4.69) is 31.5 Å². The Morgan fingerprint density at radius 3 is 2.40 bits per heavy atom. The van der Waals surface area contributed by atoms with E-state index in [1.165, 1.54) is 32.1 Å². The van der Waals surface area contributed by atoms with Gasteiger partial charge < -0.3 is 5.73 Å². The predicted molar refractivity (Wildman–Crippen MR) is 134 cm³/mol. The molecule has 3 amide bonds. The summed E-state index contributed by atoms with van der Waals surface area (Å²) in [6.45, 7) is 2.09. The number of imide groups is 1. The number of carbonyl (C=O) groups excluding carboxylic acids is 3. The monoisotopic (exact) mass is 551 g/mol.